The number of benzene rings is 3. The molecule has 0 heterocycles. The van der Waals surface area contributed by atoms with Gasteiger partial charge >= 0.3 is 0 Å². The van der Waals surface area contributed by atoms with E-state index < -0.39 is 15.9 Å². The van der Waals surface area contributed by atoms with Gasteiger partial charge in [-0.15, -0.1) is 0 Å². The molecule has 0 aliphatic heterocycles. The number of amides is 1. The lowest BCUT2D eigenvalue weighted by Crippen LogP contribution is -2.37. The molecule has 0 unspecified atom stereocenters. The topological polar surface area (TPSA) is 82.1 Å². The molecule has 0 radical (unpaired) electrons. The number of sulfonamides is 1. The average molecular weight is 506 g/mol. The van der Waals surface area contributed by atoms with Gasteiger partial charge in [-0.2, -0.15) is 4.31 Å². The largest absolute Gasteiger partial charge is 0.493 e. The molecular weight excluding hydrogens is 486 g/mol. The van der Waals surface area contributed by atoms with E-state index in [-0.39, 0.29) is 37.9 Å². The Morgan fingerprint density at radius 1 is 0.839 bits per heavy atom. The maximum Gasteiger partial charge on any atom is 0.273 e. The van der Waals surface area contributed by atoms with Crippen LogP contribution < -0.4 is 18.5 Å². The van der Waals surface area contributed by atoms with Crippen molar-refractivity contribution >= 4 is 37.5 Å². The van der Waals surface area contributed by atoms with Gasteiger partial charge in [-0.3, -0.25) is 4.79 Å². The Kier molecular flexibility index (Phi) is 6.87. The van der Waals surface area contributed by atoms with E-state index in [4.69, 9.17) is 14.2 Å². The summed E-state index contributed by atoms with van der Waals surface area (Å²) >= 11 is 3.36. The van der Waals surface area contributed by atoms with Gasteiger partial charge in [0.15, 0.2) is 11.5 Å². The summed E-state index contributed by atoms with van der Waals surface area (Å²) < 4.78 is 44.0. The van der Waals surface area contributed by atoms with Gasteiger partial charge in [0.1, 0.15) is 0 Å². The molecule has 0 saturated carbocycles. The van der Waals surface area contributed by atoms with E-state index in [2.05, 4.69) is 15.9 Å². The fourth-order valence-electron chi connectivity index (χ4n) is 3.01. The van der Waals surface area contributed by atoms with Crippen molar-refractivity contribution in [1.29, 1.82) is 0 Å². The monoisotopic (exact) mass is 505 g/mol. The zero-order valence-electron chi connectivity index (χ0n) is 17.0. The molecule has 3 rings (SSSR count). The van der Waals surface area contributed by atoms with E-state index >= 15 is 0 Å². The van der Waals surface area contributed by atoms with E-state index in [1.165, 1.54) is 39.5 Å². The second kappa shape index (κ2) is 9.40. The van der Waals surface area contributed by atoms with E-state index in [1.54, 1.807) is 48.5 Å². The van der Waals surface area contributed by atoms with E-state index in [9.17, 15) is 13.2 Å². The van der Waals surface area contributed by atoms with Crippen LogP contribution in [0.25, 0.3) is 0 Å². The van der Waals surface area contributed by atoms with Crippen LogP contribution in [-0.4, -0.2) is 35.7 Å². The summed E-state index contributed by atoms with van der Waals surface area (Å²) in [6, 6.07) is 17.3. The number of carbonyl (C=O) groups is 1. The lowest BCUT2D eigenvalue weighted by atomic mass is 10.1. The first-order chi connectivity index (χ1) is 14.9. The minimum absolute atomic E-state index is 0.0178. The first kappa shape index (κ1) is 22.6. The molecule has 7 nitrogen and oxygen atoms in total. The SMILES string of the molecule is COc1cc(C(=O)N(c2ccccc2)S(=O)(=O)c2ccccc2)c(Br)c(OC)c1OC. The van der Waals surface area contributed by atoms with Crippen molar-refractivity contribution in [3.8, 4) is 17.2 Å². The van der Waals surface area contributed by atoms with Gasteiger partial charge in [0.05, 0.1) is 41.9 Å². The Morgan fingerprint density at radius 3 is 1.90 bits per heavy atom. The molecule has 0 aliphatic carbocycles. The van der Waals surface area contributed by atoms with Crippen molar-refractivity contribution < 1.29 is 27.4 Å². The van der Waals surface area contributed by atoms with Crippen molar-refractivity contribution in [2.45, 2.75) is 4.90 Å². The van der Waals surface area contributed by atoms with Crippen LogP contribution in [0.1, 0.15) is 10.4 Å². The second-order valence-corrected chi connectivity index (χ2v) is 8.81. The normalized spacial score (nSPS) is 11.0. The number of methoxy groups -OCH3 is 3. The molecule has 0 spiro atoms. The van der Waals surface area contributed by atoms with E-state index in [0.29, 0.717) is 0 Å². The summed E-state index contributed by atoms with van der Waals surface area (Å²) in [4.78, 5) is 13.7. The minimum Gasteiger partial charge on any atom is -0.493 e. The molecular formula is C22H20BrNO6S. The average Bonchev–Trinajstić information content (AvgIpc) is 2.79. The summed E-state index contributed by atoms with van der Waals surface area (Å²) in [5.74, 6) is -0.0990. The van der Waals surface area contributed by atoms with Crippen LogP contribution in [-0.2, 0) is 10.0 Å². The van der Waals surface area contributed by atoms with Crippen LogP contribution in [0.15, 0.2) is 76.1 Å². The van der Waals surface area contributed by atoms with Gasteiger partial charge in [0.2, 0.25) is 5.75 Å². The number of ether oxygens (including phenoxy) is 3. The van der Waals surface area contributed by atoms with Gasteiger partial charge in [-0.05, 0) is 46.3 Å². The van der Waals surface area contributed by atoms with Gasteiger partial charge < -0.3 is 14.2 Å². The molecule has 162 valence electrons. The number of nitrogens with zero attached hydrogens (tertiary/aromatic N) is 1. The summed E-state index contributed by atoms with van der Waals surface area (Å²) in [5, 5.41) is 0. The number of carbonyl (C=O) groups excluding carboxylic acids is 1. The maximum absolute atomic E-state index is 13.7. The summed E-state index contributed by atoms with van der Waals surface area (Å²) in [7, 11) is 0.0325. The zero-order valence-corrected chi connectivity index (χ0v) is 19.4. The Balaban J connectivity index is 2.26. The van der Waals surface area contributed by atoms with Gasteiger partial charge in [-0.25, -0.2) is 8.42 Å². The number of hydrogen-bond acceptors (Lipinski definition) is 6. The number of para-hydroxylation sites is 1. The number of hydrogen-bond donors (Lipinski definition) is 0. The maximum atomic E-state index is 13.7. The molecule has 0 fully saturated rings. The second-order valence-electron chi connectivity index (χ2n) is 6.23. The quantitative estimate of drug-likeness (QED) is 0.469. The summed E-state index contributed by atoms with van der Waals surface area (Å²) in [5.41, 5.74) is 0.217. The van der Waals surface area contributed by atoms with Crippen molar-refractivity contribution in [3.63, 3.8) is 0 Å². The van der Waals surface area contributed by atoms with Crippen LogP contribution in [0.4, 0.5) is 5.69 Å². The van der Waals surface area contributed by atoms with Crippen LogP contribution in [0.5, 0.6) is 17.2 Å². The molecule has 31 heavy (non-hydrogen) atoms. The van der Waals surface area contributed by atoms with Crippen molar-refractivity contribution in [3.05, 3.63) is 76.8 Å². The number of halogens is 1. The van der Waals surface area contributed by atoms with E-state index in [1.807, 2.05) is 0 Å². The van der Waals surface area contributed by atoms with Gasteiger partial charge in [-0.1, -0.05) is 36.4 Å². The molecule has 0 bridgehead atoms. The minimum atomic E-state index is -4.22. The molecule has 0 atom stereocenters. The van der Waals surface area contributed by atoms with Crippen LogP contribution in [0, 0.1) is 0 Å². The zero-order chi connectivity index (χ0) is 22.6. The molecule has 9 heteroatoms. The number of rotatable bonds is 7. The Bertz CT molecular complexity index is 1180. The highest BCUT2D eigenvalue weighted by atomic mass is 79.9. The number of anilines is 1. The fraction of sp³-hybridized carbons (Fsp3) is 0.136. The highest BCUT2D eigenvalue weighted by Crippen LogP contribution is 2.45. The molecule has 0 N–H and O–H groups in total. The van der Waals surface area contributed by atoms with Crippen LogP contribution in [0.3, 0.4) is 0 Å². The predicted molar refractivity (Wildman–Crippen MR) is 121 cm³/mol. The Morgan fingerprint density at radius 2 is 1.39 bits per heavy atom. The molecule has 1 amide bonds. The molecule has 0 aliphatic rings. The first-order valence-electron chi connectivity index (χ1n) is 9.05. The molecule has 3 aromatic carbocycles. The molecule has 3 aromatic rings. The highest BCUT2D eigenvalue weighted by molar-refractivity contribution is 9.10. The lowest BCUT2D eigenvalue weighted by molar-refractivity contribution is 0.100. The third-order valence-corrected chi connectivity index (χ3v) is 6.97. The fourth-order valence-corrected chi connectivity index (χ4v) is 5.07. The standard InChI is InChI=1S/C22H20BrNO6S/c1-28-18-14-17(19(23)21(30-3)20(18)29-2)22(25)24(15-10-6-4-7-11-15)31(26,27)16-12-8-5-9-13-16/h4-14H,1-3H3. The smallest absolute Gasteiger partial charge is 0.273 e. The van der Waals surface area contributed by atoms with Crippen molar-refractivity contribution in [1.82, 2.24) is 0 Å². The third-order valence-electron chi connectivity index (χ3n) is 4.46. The predicted octanol–water partition coefficient (Wildman–Crippen LogP) is 4.51. The third kappa shape index (κ3) is 4.24. The van der Waals surface area contributed by atoms with Gasteiger partial charge in [0.25, 0.3) is 15.9 Å². The van der Waals surface area contributed by atoms with Gasteiger partial charge in [0, 0.05) is 0 Å². The van der Waals surface area contributed by atoms with Crippen LogP contribution >= 0.6 is 15.9 Å². The Labute approximate surface area is 189 Å². The van der Waals surface area contributed by atoms with Crippen molar-refractivity contribution in [2.75, 3.05) is 25.6 Å². The van der Waals surface area contributed by atoms with Crippen molar-refractivity contribution in [2.24, 2.45) is 0 Å². The Hall–Kier alpha value is -3.04. The van der Waals surface area contributed by atoms with E-state index in [0.717, 1.165) is 4.31 Å². The first-order valence-corrected chi connectivity index (χ1v) is 11.3. The highest BCUT2D eigenvalue weighted by Gasteiger charge is 2.34. The molecule has 0 aromatic heterocycles. The summed E-state index contributed by atoms with van der Waals surface area (Å²) in [6.07, 6.45) is 0. The van der Waals surface area contributed by atoms with Crippen LogP contribution in [0.2, 0.25) is 0 Å². The molecule has 0 saturated heterocycles. The summed E-state index contributed by atoms with van der Waals surface area (Å²) in [6.45, 7) is 0. The lowest BCUT2D eigenvalue weighted by Gasteiger charge is -2.24.